The fourth-order valence-corrected chi connectivity index (χ4v) is 5.31. The number of alkyl halides is 2. The largest absolute Gasteiger partial charge is 0.586 e. The fraction of sp³-hybridized carbons (Fsp3) is 0.440. The molecule has 0 aromatic heterocycles. The summed E-state index contributed by atoms with van der Waals surface area (Å²) in [5.74, 6) is -1.61. The number of rotatable bonds is 8. The van der Waals surface area contributed by atoms with Gasteiger partial charge < -0.3 is 34.7 Å². The number of fused-ring (bicyclic) bond motifs is 4. The highest BCUT2D eigenvalue weighted by molar-refractivity contribution is 6.30. The van der Waals surface area contributed by atoms with Crippen molar-refractivity contribution in [3.8, 4) is 23.0 Å². The van der Waals surface area contributed by atoms with Crippen molar-refractivity contribution in [2.24, 2.45) is 0 Å². The summed E-state index contributed by atoms with van der Waals surface area (Å²) in [5, 5.41) is 16.6. The third-order valence-electron chi connectivity index (χ3n) is 7.12. The van der Waals surface area contributed by atoms with E-state index in [1.165, 1.54) is 30.3 Å². The van der Waals surface area contributed by atoms with Gasteiger partial charge in [0, 0.05) is 17.7 Å². The standard InChI is InChI=1S/C25H24ClF3N2O7/c26-16-3-1-14(9-17(16)27)35-13-22(34)31-24-7-5-23(6-8-24,11-20(24)32)30-21(33)12-36-15-2-4-18-19(10-15)38-25(28,29)37-18/h1-4,9-10,20,32H,5-8,11-13H2,(H,30,33)(H,31,34)/t20-,23?,24?/m0/s1. The molecule has 0 radical (unpaired) electrons. The summed E-state index contributed by atoms with van der Waals surface area (Å²) in [5.41, 5.74) is -1.52. The minimum Gasteiger partial charge on any atom is -0.484 e. The van der Waals surface area contributed by atoms with Crippen molar-refractivity contribution in [1.29, 1.82) is 0 Å². The Morgan fingerprint density at radius 2 is 1.55 bits per heavy atom. The van der Waals surface area contributed by atoms with Crippen LogP contribution >= 0.6 is 11.6 Å². The molecule has 1 atom stereocenters. The molecule has 1 aliphatic heterocycles. The second-order valence-electron chi connectivity index (χ2n) is 9.68. The number of nitrogens with one attached hydrogen (secondary N) is 2. The molecule has 0 unspecified atom stereocenters. The Balaban J connectivity index is 1.11. The molecule has 38 heavy (non-hydrogen) atoms. The fourth-order valence-electron chi connectivity index (χ4n) is 5.19. The van der Waals surface area contributed by atoms with Gasteiger partial charge in [0.2, 0.25) is 0 Å². The summed E-state index contributed by atoms with van der Waals surface area (Å²) in [6.07, 6.45) is -2.57. The van der Waals surface area contributed by atoms with Gasteiger partial charge >= 0.3 is 6.29 Å². The van der Waals surface area contributed by atoms with Crippen molar-refractivity contribution >= 4 is 23.4 Å². The van der Waals surface area contributed by atoms with E-state index in [1.807, 2.05) is 0 Å². The van der Waals surface area contributed by atoms with E-state index in [4.69, 9.17) is 21.1 Å². The summed E-state index contributed by atoms with van der Waals surface area (Å²) in [6.45, 7) is -0.745. The van der Waals surface area contributed by atoms with Crippen molar-refractivity contribution < 1.29 is 46.8 Å². The zero-order valence-electron chi connectivity index (χ0n) is 19.9. The lowest BCUT2D eigenvalue weighted by Crippen LogP contribution is -2.70. The minimum atomic E-state index is -3.75. The molecule has 2 aromatic carbocycles. The first-order valence-electron chi connectivity index (χ1n) is 11.9. The molecule has 4 aliphatic rings. The average Bonchev–Trinajstić information content (AvgIpc) is 3.17. The molecule has 2 bridgehead atoms. The van der Waals surface area contributed by atoms with Gasteiger partial charge in [-0.2, -0.15) is 0 Å². The van der Waals surface area contributed by atoms with E-state index >= 15 is 0 Å². The molecular formula is C25H24ClF3N2O7. The van der Waals surface area contributed by atoms with Crippen molar-refractivity contribution in [2.45, 2.75) is 55.6 Å². The SMILES string of the molecule is O=C(COc1ccc2c(c1)OC(F)(F)O2)NC12CCC(NC(=O)COc3ccc(Cl)c(F)c3)(CC1)[C@@H](O)C2. The maximum absolute atomic E-state index is 13.6. The summed E-state index contributed by atoms with van der Waals surface area (Å²) >= 11 is 5.64. The Morgan fingerprint density at radius 3 is 2.21 bits per heavy atom. The summed E-state index contributed by atoms with van der Waals surface area (Å²) in [6, 6.07) is 7.69. The van der Waals surface area contributed by atoms with Crippen molar-refractivity contribution in [3.05, 3.63) is 47.2 Å². The minimum absolute atomic E-state index is 0.0596. The monoisotopic (exact) mass is 556 g/mol. The van der Waals surface area contributed by atoms with Crippen LogP contribution in [0, 0.1) is 5.82 Å². The Bertz CT molecular complexity index is 1250. The van der Waals surface area contributed by atoms with Gasteiger partial charge in [0.05, 0.1) is 16.7 Å². The predicted molar refractivity (Wildman–Crippen MR) is 126 cm³/mol. The topological polar surface area (TPSA) is 115 Å². The van der Waals surface area contributed by atoms with E-state index in [2.05, 4.69) is 20.1 Å². The third kappa shape index (κ3) is 5.41. The maximum atomic E-state index is 13.6. The summed E-state index contributed by atoms with van der Waals surface area (Å²) in [4.78, 5) is 25.2. The molecule has 0 spiro atoms. The molecule has 0 saturated heterocycles. The van der Waals surface area contributed by atoms with Crippen LogP contribution in [-0.4, -0.2) is 53.6 Å². The van der Waals surface area contributed by atoms with Crippen LogP contribution in [0.4, 0.5) is 13.2 Å². The Morgan fingerprint density at radius 1 is 0.947 bits per heavy atom. The second kappa shape index (κ2) is 9.73. The van der Waals surface area contributed by atoms with Crippen LogP contribution < -0.4 is 29.6 Å². The predicted octanol–water partition coefficient (Wildman–Crippen LogP) is 3.31. The summed E-state index contributed by atoms with van der Waals surface area (Å²) in [7, 11) is 0. The lowest BCUT2D eigenvalue weighted by atomic mass is 9.60. The Labute approximate surface area is 220 Å². The highest BCUT2D eigenvalue weighted by Gasteiger charge is 2.55. The van der Waals surface area contributed by atoms with E-state index in [-0.39, 0.29) is 47.7 Å². The molecule has 9 nitrogen and oxygen atoms in total. The van der Waals surface area contributed by atoms with Gasteiger partial charge in [0.25, 0.3) is 11.8 Å². The zero-order valence-corrected chi connectivity index (χ0v) is 20.7. The number of hydrogen-bond donors (Lipinski definition) is 3. The van der Waals surface area contributed by atoms with Gasteiger partial charge in [-0.1, -0.05) is 11.6 Å². The molecule has 6 rings (SSSR count). The number of hydrogen-bond acceptors (Lipinski definition) is 7. The van der Waals surface area contributed by atoms with Gasteiger partial charge in [0.1, 0.15) is 17.3 Å². The number of aliphatic hydroxyl groups is 1. The smallest absolute Gasteiger partial charge is 0.484 e. The van der Waals surface area contributed by atoms with Crippen LogP contribution in [0.25, 0.3) is 0 Å². The van der Waals surface area contributed by atoms with Gasteiger partial charge in [-0.15, -0.1) is 8.78 Å². The van der Waals surface area contributed by atoms with Gasteiger partial charge in [0.15, 0.2) is 24.7 Å². The van der Waals surface area contributed by atoms with Crippen molar-refractivity contribution in [2.75, 3.05) is 13.2 Å². The molecule has 3 N–H and O–H groups in total. The number of halogens is 4. The van der Waals surface area contributed by atoms with E-state index < -0.39 is 41.1 Å². The molecule has 13 heteroatoms. The number of ether oxygens (including phenoxy) is 4. The first-order chi connectivity index (χ1) is 18.0. The van der Waals surface area contributed by atoms with Crippen LogP contribution in [0.2, 0.25) is 5.02 Å². The molecule has 2 amide bonds. The maximum Gasteiger partial charge on any atom is 0.586 e. The first kappa shape index (κ1) is 26.2. The lowest BCUT2D eigenvalue weighted by molar-refractivity contribution is -0.286. The number of benzene rings is 2. The van der Waals surface area contributed by atoms with E-state index in [9.17, 15) is 27.9 Å². The van der Waals surface area contributed by atoms with Gasteiger partial charge in [-0.25, -0.2) is 4.39 Å². The molecule has 3 aliphatic carbocycles. The number of aliphatic hydroxyl groups excluding tert-OH is 1. The van der Waals surface area contributed by atoms with Gasteiger partial charge in [-0.05, 0) is 56.4 Å². The highest BCUT2D eigenvalue weighted by atomic mass is 35.5. The van der Waals surface area contributed by atoms with Gasteiger partial charge in [-0.3, -0.25) is 9.59 Å². The lowest BCUT2D eigenvalue weighted by Gasteiger charge is -2.56. The van der Waals surface area contributed by atoms with E-state index in [0.717, 1.165) is 6.07 Å². The van der Waals surface area contributed by atoms with E-state index in [0.29, 0.717) is 25.7 Å². The molecule has 2 aromatic rings. The quantitative estimate of drug-likeness (QED) is 0.457. The van der Waals surface area contributed by atoms with Crippen LogP contribution in [0.1, 0.15) is 32.1 Å². The third-order valence-corrected chi connectivity index (χ3v) is 7.42. The zero-order chi connectivity index (χ0) is 27.1. The van der Waals surface area contributed by atoms with Crippen molar-refractivity contribution in [3.63, 3.8) is 0 Å². The normalized spacial score (nSPS) is 26.5. The number of amides is 2. The number of carbonyl (C=O) groups excluding carboxylic acids is 2. The van der Waals surface area contributed by atoms with Crippen LogP contribution in [0.5, 0.6) is 23.0 Å². The molecule has 1 heterocycles. The summed E-state index contributed by atoms with van der Waals surface area (Å²) < 4.78 is 59.4. The Hall–Kier alpha value is -3.38. The van der Waals surface area contributed by atoms with Crippen LogP contribution in [0.3, 0.4) is 0 Å². The highest BCUT2D eigenvalue weighted by Crippen LogP contribution is 2.47. The van der Waals surface area contributed by atoms with E-state index in [1.54, 1.807) is 0 Å². The average molecular weight is 557 g/mol. The Kier molecular flexibility index (Phi) is 6.72. The molecular weight excluding hydrogens is 533 g/mol. The first-order valence-corrected chi connectivity index (χ1v) is 12.3. The molecule has 3 saturated carbocycles. The van der Waals surface area contributed by atoms with Crippen LogP contribution in [0.15, 0.2) is 36.4 Å². The van der Waals surface area contributed by atoms with Crippen molar-refractivity contribution in [1.82, 2.24) is 10.6 Å². The molecule has 204 valence electrons. The number of carbonyl (C=O) groups is 2. The molecule has 3 fully saturated rings. The second-order valence-corrected chi connectivity index (χ2v) is 10.1. The van der Waals surface area contributed by atoms with Crippen LogP contribution in [-0.2, 0) is 9.59 Å².